The van der Waals surface area contributed by atoms with Gasteiger partial charge in [-0.2, -0.15) is 0 Å². The van der Waals surface area contributed by atoms with Gasteiger partial charge in [-0.25, -0.2) is 0 Å². The molecule has 3 nitrogen and oxygen atoms in total. The lowest BCUT2D eigenvalue weighted by molar-refractivity contribution is -0.132. The van der Waals surface area contributed by atoms with Crippen LogP contribution in [0.1, 0.15) is 59.3 Å². The van der Waals surface area contributed by atoms with Crippen LogP contribution in [0.2, 0.25) is 0 Å². The molecule has 0 aromatic rings. The highest BCUT2D eigenvalue weighted by atomic mass is 16.2. The normalized spacial score (nSPS) is 31.5. The van der Waals surface area contributed by atoms with Crippen LogP contribution in [0.5, 0.6) is 0 Å². The predicted octanol–water partition coefficient (Wildman–Crippen LogP) is 3.82. The van der Waals surface area contributed by atoms with Crippen LogP contribution in [-0.2, 0) is 4.79 Å². The Kier molecular flexibility index (Phi) is 7.34. The van der Waals surface area contributed by atoms with Crippen LogP contribution in [0.15, 0.2) is 24.8 Å². The molecule has 0 aromatic heterocycles. The van der Waals surface area contributed by atoms with Crippen molar-refractivity contribution in [1.82, 2.24) is 10.6 Å². The van der Waals surface area contributed by atoms with Crippen molar-refractivity contribution in [1.29, 1.82) is 0 Å². The molecule has 3 heteroatoms. The Bertz CT molecular complexity index is 396. The molecule has 22 heavy (non-hydrogen) atoms. The summed E-state index contributed by atoms with van der Waals surface area (Å²) in [6.45, 7) is 17.3. The fourth-order valence-corrected chi connectivity index (χ4v) is 3.52. The lowest BCUT2D eigenvalue weighted by Crippen LogP contribution is -2.43. The third kappa shape index (κ3) is 5.96. The zero-order chi connectivity index (χ0) is 16.6. The van der Waals surface area contributed by atoms with Crippen molar-refractivity contribution in [2.45, 2.75) is 59.3 Å². The van der Waals surface area contributed by atoms with Gasteiger partial charge < -0.3 is 10.6 Å². The first-order chi connectivity index (χ1) is 10.3. The van der Waals surface area contributed by atoms with Crippen LogP contribution in [0, 0.1) is 10.8 Å². The minimum absolute atomic E-state index is 0.181. The monoisotopic (exact) mass is 306 g/mol. The molecule has 0 spiro atoms. The fourth-order valence-electron chi connectivity index (χ4n) is 3.52. The molecule has 0 radical (unpaired) electrons. The number of carbonyl (C=O) groups is 1. The standard InChI is InChI=1S/C10H19N.C9H15NO/c1-9(2)7-10(3)5-4-6-11-8-10;1-3-5-9(2)6-4-7-10-8(9)11/h11H,1,4-8H2,2-3H3;3H,1,4-7H2,2H3,(H,10,11)/t10-;9-/m01/s1. The molecule has 2 atom stereocenters. The predicted molar refractivity (Wildman–Crippen MR) is 94.8 cm³/mol. The summed E-state index contributed by atoms with van der Waals surface area (Å²) in [5.74, 6) is 0.184. The van der Waals surface area contributed by atoms with Crippen LogP contribution in [0.3, 0.4) is 0 Å². The number of allylic oxidation sites excluding steroid dienone is 2. The molecule has 2 heterocycles. The summed E-state index contributed by atoms with van der Waals surface area (Å²) < 4.78 is 0. The summed E-state index contributed by atoms with van der Waals surface area (Å²) >= 11 is 0. The van der Waals surface area contributed by atoms with Gasteiger partial charge in [-0.1, -0.05) is 25.5 Å². The summed E-state index contributed by atoms with van der Waals surface area (Å²) in [6.07, 6.45) is 8.56. The molecular weight excluding hydrogens is 272 g/mol. The minimum atomic E-state index is -0.181. The Morgan fingerprint density at radius 1 is 1.27 bits per heavy atom. The Balaban J connectivity index is 0.000000220. The van der Waals surface area contributed by atoms with Crippen molar-refractivity contribution in [3.8, 4) is 0 Å². The molecule has 0 unspecified atom stereocenters. The van der Waals surface area contributed by atoms with Gasteiger partial charge in [0.25, 0.3) is 0 Å². The van der Waals surface area contributed by atoms with Crippen molar-refractivity contribution in [3.63, 3.8) is 0 Å². The Hall–Kier alpha value is -1.09. The van der Waals surface area contributed by atoms with E-state index in [2.05, 4.69) is 37.6 Å². The largest absolute Gasteiger partial charge is 0.356 e. The second-order valence-electron chi connectivity index (χ2n) is 7.64. The molecule has 0 saturated carbocycles. The maximum atomic E-state index is 11.3. The fraction of sp³-hybridized carbons (Fsp3) is 0.737. The molecule has 2 fully saturated rings. The SMILES string of the molecule is C=C(C)C[C@]1(C)CCCNC1.C=CC[C@]1(C)CCCNC1=O. The topological polar surface area (TPSA) is 41.1 Å². The molecule has 2 saturated heterocycles. The Morgan fingerprint density at radius 3 is 2.45 bits per heavy atom. The van der Waals surface area contributed by atoms with E-state index >= 15 is 0 Å². The number of hydrogen-bond acceptors (Lipinski definition) is 2. The zero-order valence-corrected chi connectivity index (χ0v) is 14.8. The van der Waals surface area contributed by atoms with E-state index in [9.17, 15) is 4.79 Å². The summed E-state index contributed by atoms with van der Waals surface area (Å²) in [6, 6.07) is 0. The van der Waals surface area contributed by atoms with Gasteiger partial charge in [0.1, 0.15) is 0 Å². The van der Waals surface area contributed by atoms with Crippen molar-refractivity contribution < 1.29 is 4.79 Å². The Morgan fingerprint density at radius 2 is 1.95 bits per heavy atom. The van der Waals surface area contributed by atoms with Crippen LogP contribution < -0.4 is 10.6 Å². The zero-order valence-electron chi connectivity index (χ0n) is 14.8. The first-order valence-corrected chi connectivity index (χ1v) is 8.56. The molecule has 1 amide bonds. The quantitative estimate of drug-likeness (QED) is 0.775. The first-order valence-electron chi connectivity index (χ1n) is 8.56. The maximum Gasteiger partial charge on any atom is 0.226 e. The molecule has 0 bridgehead atoms. The molecule has 2 aliphatic rings. The smallest absolute Gasteiger partial charge is 0.226 e. The minimum Gasteiger partial charge on any atom is -0.356 e. The van der Waals surface area contributed by atoms with Gasteiger partial charge in [0.2, 0.25) is 5.91 Å². The number of carbonyl (C=O) groups excluding carboxylic acids is 1. The molecule has 2 rings (SSSR count). The van der Waals surface area contributed by atoms with Crippen molar-refractivity contribution in [2.75, 3.05) is 19.6 Å². The molecular formula is C19H34N2O. The third-order valence-electron chi connectivity index (χ3n) is 4.75. The van der Waals surface area contributed by atoms with Gasteiger partial charge in [0, 0.05) is 18.5 Å². The highest BCUT2D eigenvalue weighted by molar-refractivity contribution is 5.83. The average Bonchev–Trinajstić information content (AvgIpc) is 2.43. The van der Waals surface area contributed by atoms with Crippen LogP contribution in [-0.4, -0.2) is 25.5 Å². The van der Waals surface area contributed by atoms with Gasteiger partial charge >= 0.3 is 0 Å². The third-order valence-corrected chi connectivity index (χ3v) is 4.75. The van der Waals surface area contributed by atoms with E-state index in [1.54, 1.807) is 0 Å². The van der Waals surface area contributed by atoms with E-state index in [0.29, 0.717) is 5.41 Å². The molecule has 0 aromatic carbocycles. The summed E-state index contributed by atoms with van der Waals surface area (Å²) in [7, 11) is 0. The highest BCUT2D eigenvalue weighted by Gasteiger charge is 2.33. The molecule has 0 aliphatic carbocycles. The number of rotatable bonds is 4. The van der Waals surface area contributed by atoms with Gasteiger partial charge in [-0.05, 0) is 57.4 Å². The van der Waals surface area contributed by atoms with Crippen LogP contribution in [0.4, 0.5) is 0 Å². The van der Waals surface area contributed by atoms with E-state index in [1.165, 1.54) is 37.9 Å². The van der Waals surface area contributed by atoms with Gasteiger partial charge in [0.05, 0.1) is 0 Å². The van der Waals surface area contributed by atoms with E-state index in [0.717, 1.165) is 25.8 Å². The molecule has 2 aliphatic heterocycles. The number of amides is 1. The first kappa shape index (κ1) is 19.0. The number of hydrogen-bond donors (Lipinski definition) is 2. The molecule has 2 N–H and O–H groups in total. The van der Waals surface area contributed by atoms with E-state index in [-0.39, 0.29) is 11.3 Å². The summed E-state index contributed by atoms with van der Waals surface area (Å²) in [5, 5.41) is 6.31. The second-order valence-corrected chi connectivity index (χ2v) is 7.64. The van der Waals surface area contributed by atoms with Gasteiger partial charge in [0.15, 0.2) is 0 Å². The van der Waals surface area contributed by atoms with Crippen molar-refractivity contribution in [2.24, 2.45) is 10.8 Å². The maximum absolute atomic E-state index is 11.3. The van der Waals surface area contributed by atoms with Crippen LogP contribution in [0.25, 0.3) is 0 Å². The summed E-state index contributed by atoms with van der Waals surface area (Å²) in [5.41, 5.74) is 1.63. The lowest BCUT2D eigenvalue weighted by atomic mass is 9.78. The second kappa shape index (κ2) is 8.52. The van der Waals surface area contributed by atoms with E-state index in [4.69, 9.17) is 0 Å². The number of nitrogens with one attached hydrogen (secondary N) is 2. The van der Waals surface area contributed by atoms with Gasteiger partial charge in [-0.3, -0.25) is 4.79 Å². The van der Waals surface area contributed by atoms with Gasteiger partial charge in [-0.15, -0.1) is 13.2 Å². The van der Waals surface area contributed by atoms with E-state index < -0.39 is 0 Å². The lowest BCUT2D eigenvalue weighted by Gasteiger charge is -2.34. The van der Waals surface area contributed by atoms with E-state index in [1.807, 2.05) is 13.0 Å². The van der Waals surface area contributed by atoms with Crippen molar-refractivity contribution >= 4 is 5.91 Å². The molecule has 126 valence electrons. The van der Waals surface area contributed by atoms with Crippen LogP contribution >= 0.6 is 0 Å². The summed E-state index contributed by atoms with van der Waals surface area (Å²) in [4.78, 5) is 11.3. The number of piperidine rings is 2. The average molecular weight is 306 g/mol. The van der Waals surface area contributed by atoms with Crippen molar-refractivity contribution in [3.05, 3.63) is 24.8 Å². The Labute approximate surface area is 136 Å². The highest BCUT2D eigenvalue weighted by Crippen LogP contribution is 2.32.